The Labute approximate surface area is 174 Å². The molecule has 1 amide bonds. The number of benzene rings is 3. The molecule has 0 radical (unpaired) electrons. The fourth-order valence-electron chi connectivity index (χ4n) is 3.12. The highest BCUT2D eigenvalue weighted by Gasteiger charge is 2.07. The molecule has 0 saturated heterocycles. The monoisotopic (exact) mass is 399 g/mol. The van der Waals surface area contributed by atoms with Gasteiger partial charge in [0.1, 0.15) is 17.8 Å². The van der Waals surface area contributed by atoms with Crippen LogP contribution >= 0.6 is 0 Å². The second-order valence-corrected chi connectivity index (χ2v) is 6.67. The van der Waals surface area contributed by atoms with Crippen LogP contribution < -0.4 is 14.8 Å². The molecular formula is C24H21N3O3. The zero-order valence-corrected chi connectivity index (χ0v) is 16.5. The Bertz CT molecular complexity index is 1150. The van der Waals surface area contributed by atoms with E-state index in [1.165, 1.54) is 6.33 Å². The fraction of sp³-hybridized carbons (Fsp3) is 0.125. The zero-order valence-electron chi connectivity index (χ0n) is 16.5. The number of carbonyl (C=O) groups is 1. The topological polar surface area (TPSA) is 73.3 Å². The lowest BCUT2D eigenvalue weighted by Gasteiger charge is -2.10. The van der Waals surface area contributed by atoms with Gasteiger partial charge in [-0.25, -0.2) is 9.97 Å². The third-order valence-corrected chi connectivity index (χ3v) is 4.68. The van der Waals surface area contributed by atoms with Crippen molar-refractivity contribution in [1.29, 1.82) is 0 Å². The van der Waals surface area contributed by atoms with E-state index >= 15 is 0 Å². The SMILES string of the molecule is COc1ccc(-c2cc(CNC(=O)COc3cccc4ccccc34)ncn2)cc1. The van der Waals surface area contributed by atoms with Gasteiger partial charge in [0.25, 0.3) is 5.91 Å². The molecule has 4 aromatic rings. The smallest absolute Gasteiger partial charge is 0.258 e. The first-order valence-corrected chi connectivity index (χ1v) is 9.55. The lowest BCUT2D eigenvalue weighted by Crippen LogP contribution is -2.28. The number of rotatable bonds is 7. The van der Waals surface area contributed by atoms with Crippen molar-refractivity contribution in [2.45, 2.75) is 6.54 Å². The Kier molecular flexibility index (Phi) is 5.85. The van der Waals surface area contributed by atoms with E-state index in [1.807, 2.05) is 72.8 Å². The largest absolute Gasteiger partial charge is 0.497 e. The molecule has 30 heavy (non-hydrogen) atoms. The Hall–Kier alpha value is -3.93. The molecule has 0 bridgehead atoms. The number of fused-ring (bicyclic) bond motifs is 1. The molecule has 6 nitrogen and oxygen atoms in total. The minimum atomic E-state index is -0.215. The number of hydrogen-bond acceptors (Lipinski definition) is 5. The highest BCUT2D eigenvalue weighted by Crippen LogP contribution is 2.25. The quantitative estimate of drug-likeness (QED) is 0.508. The molecule has 1 aromatic heterocycles. The molecule has 0 fully saturated rings. The van der Waals surface area contributed by atoms with Crippen LogP contribution in [0, 0.1) is 0 Å². The van der Waals surface area contributed by atoms with Crippen molar-refractivity contribution in [3.8, 4) is 22.8 Å². The van der Waals surface area contributed by atoms with E-state index in [9.17, 15) is 4.79 Å². The second kappa shape index (κ2) is 9.05. The normalized spacial score (nSPS) is 10.6. The molecule has 6 heteroatoms. The molecule has 3 aromatic carbocycles. The van der Waals surface area contributed by atoms with E-state index in [2.05, 4.69) is 15.3 Å². The van der Waals surface area contributed by atoms with Crippen LogP contribution in [0.5, 0.6) is 11.5 Å². The van der Waals surface area contributed by atoms with Gasteiger partial charge in [-0.1, -0.05) is 36.4 Å². The molecule has 4 rings (SSSR count). The number of nitrogens with one attached hydrogen (secondary N) is 1. The number of carbonyl (C=O) groups excluding carboxylic acids is 1. The molecule has 0 saturated carbocycles. The minimum Gasteiger partial charge on any atom is -0.497 e. The van der Waals surface area contributed by atoms with Crippen LogP contribution in [-0.2, 0) is 11.3 Å². The maximum Gasteiger partial charge on any atom is 0.258 e. The molecular weight excluding hydrogens is 378 g/mol. The molecule has 1 N–H and O–H groups in total. The van der Waals surface area contributed by atoms with Crippen molar-refractivity contribution in [3.63, 3.8) is 0 Å². The highest BCUT2D eigenvalue weighted by molar-refractivity contribution is 5.88. The van der Waals surface area contributed by atoms with Crippen LogP contribution in [0.1, 0.15) is 5.69 Å². The molecule has 0 aliphatic heterocycles. The summed E-state index contributed by atoms with van der Waals surface area (Å²) in [5, 5.41) is 4.89. The summed E-state index contributed by atoms with van der Waals surface area (Å²) < 4.78 is 10.9. The lowest BCUT2D eigenvalue weighted by molar-refractivity contribution is -0.123. The summed E-state index contributed by atoms with van der Waals surface area (Å²) in [5.74, 6) is 1.26. The third kappa shape index (κ3) is 4.55. The Morgan fingerprint density at radius 1 is 0.967 bits per heavy atom. The predicted octanol–water partition coefficient (Wildman–Crippen LogP) is 4.00. The van der Waals surface area contributed by atoms with Crippen LogP contribution in [0.25, 0.3) is 22.0 Å². The van der Waals surface area contributed by atoms with Gasteiger partial charge in [-0.05, 0) is 41.8 Å². The first-order chi connectivity index (χ1) is 14.7. The summed E-state index contributed by atoms with van der Waals surface area (Å²) in [6.07, 6.45) is 1.49. The van der Waals surface area contributed by atoms with Gasteiger partial charge in [0.15, 0.2) is 6.61 Å². The maximum absolute atomic E-state index is 12.3. The van der Waals surface area contributed by atoms with Gasteiger partial charge in [0.05, 0.1) is 25.0 Å². The summed E-state index contributed by atoms with van der Waals surface area (Å²) in [6, 6.07) is 23.2. The van der Waals surface area contributed by atoms with E-state index in [0.717, 1.165) is 27.8 Å². The first-order valence-electron chi connectivity index (χ1n) is 9.55. The van der Waals surface area contributed by atoms with Gasteiger partial charge < -0.3 is 14.8 Å². The Morgan fingerprint density at radius 2 is 1.77 bits per heavy atom. The van der Waals surface area contributed by atoms with Gasteiger partial charge in [-0.3, -0.25) is 4.79 Å². The zero-order chi connectivity index (χ0) is 20.8. The third-order valence-electron chi connectivity index (χ3n) is 4.68. The number of nitrogens with zero attached hydrogens (tertiary/aromatic N) is 2. The molecule has 1 heterocycles. The van der Waals surface area contributed by atoms with E-state index < -0.39 is 0 Å². The standard InChI is InChI=1S/C24H21N3O3/c1-29-20-11-9-18(10-12-20)22-13-19(26-16-27-22)14-25-24(28)15-30-23-8-4-6-17-5-2-3-7-21(17)23/h2-13,16H,14-15H2,1H3,(H,25,28). The van der Waals surface area contributed by atoms with Crippen molar-refractivity contribution in [2.75, 3.05) is 13.7 Å². The van der Waals surface area contributed by atoms with Crippen LogP contribution in [0.15, 0.2) is 79.1 Å². The molecule has 0 unspecified atom stereocenters. The lowest BCUT2D eigenvalue weighted by atomic mass is 10.1. The predicted molar refractivity (Wildman–Crippen MR) is 115 cm³/mol. The van der Waals surface area contributed by atoms with Crippen molar-refractivity contribution in [3.05, 3.63) is 84.8 Å². The summed E-state index contributed by atoms with van der Waals surface area (Å²) >= 11 is 0. The first kappa shape index (κ1) is 19.4. The average Bonchev–Trinajstić information content (AvgIpc) is 2.81. The van der Waals surface area contributed by atoms with Gasteiger partial charge in [0.2, 0.25) is 0 Å². The Morgan fingerprint density at radius 3 is 2.60 bits per heavy atom. The van der Waals surface area contributed by atoms with Crippen LogP contribution in [0.2, 0.25) is 0 Å². The van der Waals surface area contributed by atoms with E-state index in [-0.39, 0.29) is 12.5 Å². The number of hydrogen-bond donors (Lipinski definition) is 1. The van der Waals surface area contributed by atoms with Crippen molar-refractivity contribution in [2.24, 2.45) is 0 Å². The summed E-state index contributed by atoms with van der Waals surface area (Å²) in [7, 11) is 1.63. The molecule has 0 aliphatic carbocycles. The highest BCUT2D eigenvalue weighted by atomic mass is 16.5. The Balaban J connectivity index is 1.35. The van der Waals surface area contributed by atoms with Crippen LogP contribution in [0.4, 0.5) is 0 Å². The number of methoxy groups -OCH3 is 1. The summed E-state index contributed by atoms with van der Waals surface area (Å²) in [6.45, 7) is 0.230. The van der Waals surface area contributed by atoms with E-state index in [4.69, 9.17) is 9.47 Å². The number of aromatic nitrogens is 2. The second-order valence-electron chi connectivity index (χ2n) is 6.67. The van der Waals surface area contributed by atoms with Crippen molar-refractivity contribution in [1.82, 2.24) is 15.3 Å². The van der Waals surface area contributed by atoms with Gasteiger partial charge in [-0.2, -0.15) is 0 Å². The van der Waals surface area contributed by atoms with Gasteiger partial charge in [0, 0.05) is 10.9 Å². The van der Waals surface area contributed by atoms with Crippen molar-refractivity contribution < 1.29 is 14.3 Å². The van der Waals surface area contributed by atoms with Gasteiger partial charge in [-0.15, -0.1) is 0 Å². The molecule has 0 atom stereocenters. The summed E-state index contributed by atoms with van der Waals surface area (Å²) in [5.41, 5.74) is 2.45. The van der Waals surface area contributed by atoms with Crippen molar-refractivity contribution >= 4 is 16.7 Å². The van der Waals surface area contributed by atoms with Crippen LogP contribution in [-0.4, -0.2) is 29.6 Å². The maximum atomic E-state index is 12.3. The van der Waals surface area contributed by atoms with E-state index in [0.29, 0.717) is 18.0 Å². The minimum absolute atomic E-state index is 0.0651. The number of ether oxygens (including phenoxy) is 2. The fourth-order valence-corrected chi connectivity index (χ4v) is 3.12. The van der Waals surface area contributed by atoms with Crippen LogP contribution in [0.3, 0.4) is 0 Å². The average molecular weight is 399 g/mol. The van der Waals surface area contributed by atoms with Gasteiger partial charge >= 0.3 is 0 Å². The summed E-state index contributed by atoms with van der Waals surface area (Å²) in [4.78, 5) is 20.8. The molecule has 0 aliphatic rings. The van der Waals surface area contributed by atoms with E-state index in [1.54, 1.807) is 7.11 Å². The molecule has 0 spiro atoms. The molecule has 150 valence electrons. The number of amides is 1.